The second-order valence-corrected chi connectivity index (χ2v) is 5.91. The summed E-state index contributed by atoms with van der Waals surface area (Å²) in [5.41, 5.74) is 1.66. The summed E-state index contributed by atoms with van der Waals surface area (Å²) >= 11 is 6.01. The molecule has 26 heavy (non-hydrogen) atoms. The molecule has 0 aliphatic carbocycles. The summed E-state index contributed by atoms with van der Waals surface area (Å²) in [5, 5.41) is 0.335. The summed E-state index contributed by atoms with van der Waals surface area (Å²) in [7, 11) is 0. The van der Waals surface area contributed by atoms with E-state index < -0.39 is 5.97 Å². The van der Waals surface area contributed by atoms with Gasteiger partial charge in [-0.05, 0) is 35.9 Å². The molecule has 0 N–H and O–H groups in total. The molecule has 0 radical (unpaired) electrons. The monoisotopic (exact) mass is 362 g/mol. The molecule has 0 aliphatic heterocycles. The van der Waals surface area contributed by atoms with Crippen LogP contribution in [0.4, 0.5) is 0 Å². The summed E-state index contributed by atoms with van der Waals surface area (Å²) in [4.78, 5) is 24.3. The van der Waals surface area contributed by atoms with Crippen molar-refractivity contribution in [2.45, 2.75) is 0 Å². The third-order valence-electron chi connectivity index (χ3n) is 3.65. The van der Waals surface area contributed by atoms with E-state index in [0.29, 0.717) is 21.9 Å². The molecule has 0 unspecified atom stereocenters. The molecule has 0 fully saturated rings. The molecule has 0 atom stereocenters. The van der Waals surface area contributed by atoms with Gasteiger partial charge in [0.25, 0.3) is 0 Å². The molecule has 0 spiro atoms. The average Bonchev–Trinajstić information content (AvgIpc) is 2.67. The first-order valence-electron chi connectivity index (χ1n) is 7.98. The van der Waals surface area contributed by atoms with Crippen LogP contribution < -0.4 is 4.74 Å². The number of hydrogen-bond acceptors (Lipinski definition) is 3. The molecule has 0 aromatic heterocycles. The molecule has 128 valence electrons. The lowest BCUT2D eigenvalue weighted by Gasteiger charge is -2.06. The van der Waals surface area contributed by atoms with Crippen LogP contribution in [0.15, 0.2) is 84.9 Å². The fraction of sp³-hybridized carbons (Fsp3) is 0. The Bertz CT molecular complexity index is 962. The Morgan fingerprint density at radius 3 is 2.35 bits per heavy atom. The van der Waals surface area contributed by atoms with Gasteiger partial charge in [-0.2, -0.15) is 0 Å². The minimum Gasteiger partial charge on any atom is -0.423 e. The zero-order valence-electron chi connectivity index (χ0n) is 13.8. The van der Waals surface area contributed by atoms with Crippen molar-refractivity contribution in [3.8, 4) is 5.75 Å². The van der Waals surface area contributed by atoms with E-state index in [-0.39, 0.29) is 5.78 Å². The number of allylic oxidation sites excluding steroid dienone is 1. The molecule has 4 heteroatoms. The van der Waals surface area contributed by atoms with Crippen LogP contribution in [-0.4, -0.2) is 11.8 Å². The zero-order valence-corrected chi connectivity index (χ0v) is 14.5. The van der Waals surface area contributed by atoms with Crippen LogP contribution in [0.1, 0.15) is 26.3 Å². The first kappa shape index (κ1) is 17.6. The predicted octanol–water partition coefficient (Wildman–Crippen LogP) is 5.46. The molecule has 0 saturated heterocycles. The van der Waals surface area contributed by atoms with E-state index in [2.05, 4.69) is 0 Å². The Hall–Kier alpha value is -3.17. The molecule has 3 rings (SSSR count). The van der Waals surface area contributed by atoms with Gasteiger partial charge in [-0.1, -0.05) is 72.3 Å². The second-order valence-electron chi connectivity index (χ2n) is 5.51. The molecule has 3 aromatic rings. The summed E-state index contributed by atoms with van der Waals surface area (Å²) in [5.74, 6) is -0.245. The van der Waals surface area contributed by atoms with Gasteiger partial charge in [-0.15, -0.1) is 0 Å². The van der Waals surface area contributed by atoms with Crippen LogP contribution in [0.3, 0.4) is 0 Å². The molecular weight excluding hydrogens is 348 g/mol. The lowest BCUT2D eigenvalue weighted by molar-refractivity contribution is 0.0734. The second kappa shape index (κ2) is 8.28. The van der Waals surface area contributed by atoms with E-state index in [0.717, 1.165) is 5.56 Å². The lowest BCUT2D eigenvalue weighted by Crippen LogP contribution is -2.09. The number of esters is 1. The van der Waals surface area contributed by atoms with E-state index in [1.807, 2.05) is 24.3 Å². The van der Waals surface area contributed by atoms with E-state index in [9.17, 15) is 9.59 Å². The Kier molecular flexibility index (Phi) is 5.62. The maximum Gasteiger partial charge on any atom is 0.345 e. The highest BCUT2D eigenvalue weighted by atomic mass is 35.5. The van der Waals surface area contributed by atoms with Gasteiger partial charge in [-0.3, -0.25) is 4.79 Å². The van der Waals surface area contributed by atoms with E-state index in [4.69, 9.17) is 16.3 Å². The van der Waals surface area contributed by atoms with Crippen molar-refractivity contribution < 1.29 is 14.3 Å². The third-order valence-corrected chi connectivity index (χ3v) is 3.98. The maximum atomic E-state index is 12.2. The van der Waals surface area contributed by atoms with Gasteiger partial charge in [0.2, 0.25) is 0 Å². The minimum absolute atomic E-state index is 0.0935. The predicted molar refractivity (Wildman–Crippen MR) is 103 cm³/mol. The van der Waals surface area contributed by atoms with Gasteiger partial charge in [-0.25, -0.2) is 4.79 Å². The number of rotatable bonds is 5. The third kappa shape index (κ3) is 4.47. The molecule has 0 saturated carbocycles. The average molecular weight is 363 g/mol. The molecule has 3 aromatic carbocycles. The van der Waals surface area contributed by atoms with E-state index in [1.54, 1.807) is 60.7 Å². The Morgan fingerprint density at radius 2 is 1.58 bits per heavy atom. The highest BCUT2D eigenvalue weighted by Crippen LogP contribution is 2.20. The van der Waals surface area contributed by atoms with Crippen molar-refractivity contribution in [1.82, 2.24) is 0 Å². The standard InChI is InChI=1S/C22H15ClO3/c23-20-12-5-4-11-19(20)22(25)26-18-10-6-7-16(15-18)13-14-21(24)17-8-2-1-3-9-17/h1-15H. The molecule has 3 nitrogen and oxygen atoms in total. The van der Waals surface area contributed by atoms with Crippen molar-refractivity contribution in [3.63, 3.8) is 0 Å². The van der Waals surface area contributed by atoms with Gasteiger partial charge >= 0.3 is 5.97 Å². The highest BCUT2D eigenvalue weighted by Gasteiger charge is 2.12. The molecule has 0 amide bonds. The first-order chi connectivity index (χ1) is 12.6. The fourth-order valence-electron chi connectivity index (χ4n) is 2.34. The molecular formula is C22H15ClO3. The van der Waals surface area contributed by atoms with E-state index in [1.165, 1.54) is 6.08 Å². The van der Waals surface area contributed by atoms with Crippen molar-refractivity contribution in [1.29, 1.82) is 0 Å². The van der Waals surface area contributed by atoms with Gasteiger partial charge in [0.05, 0.1) is 10.6 Å². The number of carbonyl (C=O) groups is 2. The first-order valence-corrected chi connectivity index (χ1v) is 8.35. The van der Waals surface area contributed by atoms with E-state index >= 15 is 0 Å². The Labute approximate surface area is 156 Å². The van der Waals surface area contributed by atoms with Crippen molar-refractivity contribution in [2.24, 2.45) is 0 Å². The summed E-state index contributed by atoms with van der Waals surface area (Å²) in [6, 6.07) is 22.6. The van der Waals surface area contributed by atoms with Crippen LogP contribution in [0, 0.1) is 0 Å². The number of ketones is 1. The van der Waals surface area contributed by atoms with Crippen LogP contribution in [0.25, 0.3) is 6.08 Å². The maximum absolute atomic E-state index is 12.2. The Morgan fingerprint density at radius 1 is 0.846 bits per heavy atom. The highest BCUT2D eigenvalue weighted by molar-refractivity contribution is 6.33. The van der Waals surface area contributed by atoms with Crippen molar-refractivity contribution >= 4 is 29.4 Å². The quantitative estimate of drug-likeness (QED) is 0.262. The van der Waals surface area contributed by atoms with Crippen molar-refractivity contribution in [2.75, 3.05) is 0 Å². The number of hydrogen-bond donors (Lipinski definition) is 0. The number of halogens is 1. The Balaban J connectivity index is 1.72. The largest absolute Gasteiger partial charge is 0.423 e. The smallest absolute Gasteiger partial charge is 0.345 e. The van der Waals surface area contributed by atoms with Gasteiger partial charge < -0.3 is 4.74 Å². The van der Waals surface area contributed by atoms with Gasteiger partial charge in [0.1, 0.15) is 5.75 Å². The fourth-order valence-corrected chi connectivity index (χ4v) is 2.55. The molecule has 0 heterocycles. The zero-order chi connectivity index (χ0) is 18.4. The summed E-state index contributed by atoms with van der Waals surface area (Å²) in [6.07, 6.45) is 3.17. The van der Waals surface area contributed by atoms with Gasteiger partial charge in [0.15, 0.2) is 5.78 Å². The van der Waals surface area contributed by atoms with Gasteiger partial charge in [0, 0.05) is 5.56 Å². The molecule has 0 bridgehead atoms. The van der Waals surface area contributed by atoms with Crippen LogP contribution >= 0.6 is 11.6 Å². The number of benzene rings is 3. The summed E-state index contributed by atoms with van der Waals surface area (Å²) in [6.45, 7) is 0. The summed E-state index contributed by atoms with van der Waals surface area (Å²) < 4.78 is 5.37. The number of ether oxygens (including phenoxy) is 1. The lowest BCUT2D eigenvalue weighted by atomic mass is 10.1. The SMILES string of the molecule is O=C(C=Cc1cccc(OC(=O)c2ccccc2Cl)c1)c1ccccc1. The minimum atomic E-state index is -0.530. The molecule has 0 aliphatic rings. The normalized spacial score (nSPS) is 10.7. The van der Waals surface area contributed by atoms with Crippen LogP contribution in [0.2, 0.25) is 5.02 Å². The topological polar surface area (TPSA) is 43.4 Å². The van der Waals surface area contributed by atoms with Crippen LogP contribution in [0.5, 0.6) is 5.75 Å². The number of carbonyl (C=O) groups excluding carboxylic acids is 2. The van der Waals surface area contributed by atoms with Crippen molar-refractivity contribution in [3.05, 3.63) is 107 Å². The van der Waals surface area contributed by atoms with Crippen LogP contribution in [-0.2, 0) is 0 Å².